The molecular weight excluding hydrogens is 657 g/mol. The molecule has 0 spiro atoms. The van der Waals surface area contributed by atoms with E-state index in [1.807, 2.05) is 11.2 Å². The molecule has 2 aliphatic rings. The van der Waals surface area contributed by atoms with Gasteiger partial charge in [-0.1, -0.05) is 23.9 Å². The molecule has 1 fully saturated rings. The molecule has 0 aliphatic carbocycles. The van der Waals surface area contributed by atoms with Crippen LogP contribution in [0.15, 0.2) is 59.7 Å². The summed E-state index contributed by atoms with van der Waals surface area (Å²) in [5.41, 5.74) is -0.221. The minimum atomic E-state index is -4.68. The Morgan fingerprint density at radius 2 is 1.84 bits per heavy atom. The highest BCUT2D eigenvalue weighted by Crippen LogP contribution is 2.40. The van der Waals surface area contributed by atoms with Gasteiger partial charge in [-0.3, -0.25) is 19.6 Å². The number of anilines is 1. The maximum Gasteiger partial charge on any atom is 0.429 e. The number of β-lactam (4-membered cyclic amide) rings is 1. The van der Waals surface area contributed by atoms with Crippen molar-refractivity contribution in [3.63, 3.8) is 0 Å². The molecule has 1 saturated heterocycles. The molecule has 44 heavy (non-hydrogen) atoms. The fourth-order valence-electron chi connectivity index (χ4n) is 3.59. The summed E-state index contributed by atoms with van der Waals surface area (Å²) in [6, 6.07) is 4.31. The Labute approximate surface area is 256 Å². The number of rotatable bonds is 11. The van der Waals surface area contributed by atoms with Crippen LogP contribution in [-0.4, -0.2) is 104 Å². The van der Waals surface area contributed by atoms with E-state index < -0.39 is 42.7 Å². The van der Waals surface area contributed by atoms with Crippen molar-refractivity contribution in [3.05, 3.63) is 60.3 Å². The molecule has 4 heterocycles. The Morgan fingerprint density at radius 1 is 1.20 bits per heavy atom. The van der Waals surface area contributed by atoms with Crippen molar-refractivity contribution < 1.29 is 76.1 Å². The quantitative estimate of drug-likeness (QED) is 0.0325. The lowest BCUT2D eigenvalue weighted by Gasteiger charge is -2.50. The van der Waals surface area contributed by atoms with E-state index in [2.05, 4.69) is 26.4 Å². The number of carbonyl (C=O) groups is 3. The number of hydrogen-bond donors (Lipinski definition) is 4. The van der Waals surface area contributed by atoms with Crippen molar-refractivity contribution in [2.75, 3.05) is 17.4 Å². The average Bonchev–Trinajstić information content (AvgIpc) is 3.31. The molecule has 4 rings (SSSR count). The van der Waals surface area contributed by atoms with Crippen LogP contribution in [0.5, 0.6) is 0 Å². The lowest BCUT2D eigenvalue weighted by Crippen LogP contribution is -2.71. The molecule has 2 aromatic heterocycles. The van der Waals surface area contributed by atoms with E-state index in [1.54, 1.807) is 29.1 Å². The summed E-state index contributed by atoms with van der Waals surface area (Å²) in [7, 11) is -4.68. The predicted octanol–water partition coefficient (Wildman–Crippen LogP) is -6.61. The van der Waals surface area contributed by atoms with Gasteiger partial charge < -0.3 is 62.7 Å². The Hall–Kier alpha value is -3.87. The molecule has 21 nitrogen and oxygen atoms in total. The highest BCUT2D eigenvalue weighted by molar-refractivity contribution is 8.00. The third-order valence-electron chi connectivity index (χ3n) is 5.12. The smallest absolute Gasteiger partial charge is 0.429 e. The van der Waals surface area contributed by atoms with Crippen LogP contribution in [0.4, 0.5) is 5.13 Å². The van der Waals surface area contributed by atoms with Gasteiger partial charge in [-0.05, 0) is 0 Å². The molecular formula is C20H32N7O14PS2. The first-order valence-electron chi connectivity index (χ1n) is 10.7. The van der Waals surface area contributed by atoms with Crippen LogP contribution in [0.2, 0.25) is 0 Å². The topological polar surface area (TPSA) is 399 Å². The van der Waals surface area contributed by atoms with Crippen molar-refractivity contribution in [2.45, 2.75) is 18.0 Å². The van der Waals surface area contributed by atoms with Gasteiger partial charge in [0.2, 0.25) is 16.7 Å². The van der Waals surface area contributed by atoms with Gasteiger partial charge in [-0.25, -0.2) is 9.13 Å². The minimum Gasteiger partial charge on any atom is -0.543 e. The summed E-state index contributed by atoms with van der Waals surface area (Å²) < 4.78 is 16.8. The number of carboxylic acids is 1. The van der Waals surface area contributed by atoms with Gasteiger partial charge in [0.15, 0.2) is 18.9 Å². The Balaban J connectivity index is -0.00000280. The van der Waals surface area contributed by atoms with Crippen molar-refractivity contribution in [1.29, 1.82) is 0 Å². The maximum atomic E-state index is 13.1. The largest absolute Gasteiger partial charge is 0.543 e. The normalized spacial score (nSPS) is 16.7. The molecule has 2 aromatic rings. The van der Waals surface area contributed by atoms with Crippen molar-refractivity contribution in [1.82, 2.24) is 19.6 Å². The monoisotopic (exact) mass is 689 g/mol. The molecule has 16 N–H and O–H groups in total. The lowest BCUT2D eigenvalue weighted by atomic mass is 10.0. The zero-order chi connectivity index (χ0) is 27.4. The fourth-order valence-corrected chi connectivity index (χ4v) is 6.17. The number of aromatic nitrogens is 3. The number of carboxylic acid groups (broad SMARTS) is 1. The summed E-state index contributed by atoms with van der Waals surface area (Å²) in [6.07, 6.45) is 4.89. The second kappa shape index (κ2) is 18.7. The van der Waals surface area contributed by atoms with Crippen molar-refractivity contribution in [2.24, 2.45) is 5.16 Å². The van der Waals surface area contributed by atoms with Crippen molar-refractivity contribution >= 4 is 59.7 Å². The predicted molar refractivity (Wildman–Crippen MR) is 154 cm³/mol. The van der Waals surface area contributed by atoms with Crippen LogP contribution in [-0.2, 0) is 30.3 Å². The number of carbonyl (C=O) groups excluding carboxylic acids is 3. The number of amides is 2. The SMILES string of the molecule is C=CCON=C(C(=O)NC1C(=O)N2C(C(=O)[O-])=C(C[n+]3ccccc3)CS[C@@H]12)c1nsc(NP(=O)(O)O)n1.O.O.O.O.O.O. The number of nitrogens with one attached hydrogen (secondary N) is 2. The van der Waals surface area contributed by atoms with Crippen LogP contribution in [0, 0.1) is 0 Å². The Morgan fingerprint density at radius 3 is 2.41 bits per heavy atom. The summed E-state index contributed by atoms with van der Waals surface area (Å²) in [6.45, 7) is 3.63. The average molecular weight is 690 g/mol. The third kappa shape index (κ3) is 10.1. The highest BCUT2D eigenvalue weighted by Gasteiger charge is 2.53. The summed E-state index contributed by atoms with van der Waals surface area (Å²) >= 11 is 1.84. The van der Waals surface area contributed by atoms with Crippen LogP contribution >= 0.6 is 31.0 Å². The van der Waals surface area contributed by atoms with Crippen LogP contribution in [0.3, 0.4) is 0 Å². The third-order valence-corrected chi connectivity index (χ3v) is 7.74. The Bertz CT molecular complexity index is 1390. The van der Waals surface area contributed by atoms with Gasteiger partial charge in [-0.15, -0.1) is 11.8 Å². The van der Waals surface area contributed by atoms with Gasteiger partial charge in [0, 0.05) is 35.0 Å². The van der Waals surface area contributed by atoms with E-state index in [0.717, 1.165) is 4.90 Å². The van der Waals surface area contributed by atoms with Gasteiger partial charge in [0.25, 0.3) is 11.8 Å². The van der Waals surface area contributed by atoms with E-state index in [9.17, 15) is 24.1 Å². The number of aliphatic carboxylic acids is 1. The first-order valence-corrected chi connectivity index (χ1v) is 14.1. The number of nitrogens with zero attached hydrogens (tertiary/aromatic N) is 5. The van der Waals surface area contributed by atoms with Crippen LogP contribution in [0.25, 0.3) is 0 Å². The van der Waals surface area contributed by atoms with Gasteiger partial charge in [0.05, 0.1) is 11.7 Å². The van der Waals surface area contributed by atoms with Crippen LogP contribution < -0.4 is 20.1 Å². The van der Waals surface area contributed by atoms with Crippen molar-refractivity contribution in [3.8, 4) is 0 Å². The molecule has 0 radical (unpaired) electrons. The second-order valence-electron chi connectivity index (χ2n) is 7.75. The zero-order valence-electron chi connectivity index (χ0n) is 22.3. The molecule has 0 aromatic carbocycles. The Kier molecular flexibility index (Phi) is 19.0. The lowest BCUT2D eigenvalue weighted by molar-refractivity contribution is -0.689. The maximum absolute atomic E-state index is 13.1. The standard InChI is InChI=1S/C20H20N7O8PS2.6H2O/c1-2-8-35-23-12(15-22-20(38-25-15)24-36(32,33)34)16(28)21-13-17(29)27-14(19(30)31)11(10-37-18(13)27)9-26-6-4-3-5-7-26;;;;;;/h2-7,13,18H,1,8-10H2,(H4-,21,22,24,25,28,30,31,32,33,34);6*1H2/t13?,18-;;;;;;/m0....../s1. The second-order valence-corrected chi connectivity index (χ2v) is 10.9. The van der Waals surface area contributed by atoms with E-state index in [-0.39, 0.29) is 68.4 Å². The van der Waals surface area contributed by atoms with E-state index in [4.69, 9.17) is 14.6 Å². The zero-order valence-corrected chi connectivity index (χ0v) is 24.8. The number of pyridine rings is 1. The van der Waals surface area contributed by atoms with E-state index >= 15 is 0 Å². The van der Waals surface area contributed by atoms with Gasteiger partial charge in [-0.2, -0.15) is 9.36 Å². The summed E-state index contributed by atoms with van der Waals surface area (Å²) in [5.74, 6) is -3.12. The molecule has 248 valence electrons. The molecule has 2 amide bonds. The van der Waals surface area contributed by atoms with Gasteiger partial charge in [0.1, 0.15) is 18.0 Å². The first-order chi connectivity index (χ1) is 18.1. The van der Waals surface area contributed by atoms with E-state index in [0.29, 0.717) is 17.1 Å². The fraction of sp³-hybridized carbons (Fsp3) is 0.250. The highest BCUT2D eigenvalue weighted by atomic mass is 32.2. The number of thioether (sulfide) groups is 1. The molecule has 2 aliphatic heterocycles. The number of hydrogen-bond acceptors (Lipinski definition) is 11. The molecule has 2 atom stereocenters. The van der Waals surface area contributed by atoms with E-state index in [1.165, 1.54) is 17.8 Å². The molecule has 24 heteroatoms. The van der Waals surface area contributed by atoms with Gasteiger partial charge >= 0.3 is 7.75 Å². The minimum absolute atomic E-state index is 0. The molecule has 0 bridgehead atoms. The molecule has 0 saturated carbocycles. The number of fused-ring (bicyclic) bond motifs is 1. The number of oxime groups is 1. The first kappa shape index (κ1) is 44.6. The summed E-state index contributed by atoms with van der Waals surface area (Å²) in [4.78, 5) is 66.0. The summed E-state index contributed by atoms with van der Waals surface area (Å²) in [5, 5.41) is 19.0. The molecule has 1 unspecified atom stereocenters. The van der Waals surface area contributed by atoms with Crippen LogP contribution in [0.1, 0.15) is 5.82 Å².